The Morgan fingerprint density at radius 1 is 1.28 bits per heavy atom. The molecule has 0 atom stereocenters. The van der Waals surface area contributed by atoms with Gasteiger partial charge in [-0.1, -0.05) is 12.1 Å². The van der Waals surface area contributed by atoms with E-state index in [0.717, 1.165) is 69.9 Å². The van der Waals surface area contributed by atoms with Crippen molar-refractivity contribution >= 4 is 29.9 Å². The molecule has 0 radical (unpaired) electrons. The molecular formula is C19H30IN3O2. The third-order valence-electron chi connectivity index (χ3n) is 4.81. The number of hydrogen-bond donors (Lipinski definition) is 3. The van der Waals surface area contributed by atoms with Crippen LogP contribution in [0.5, 0.6) is 5.75 Å². The molecule has 1 saturated carbocycles. The maximum atomic E-state index is 9.62. The van der Waals surface area contributed by atoms with Crippen LogP contribution in [0.25, 0.3) is 0 Å². The van der Waals surface area contributed by atoms with E-state index >= 15 is 0 Å². The summed E-state index contributed by atoms with van der Waals surface area (Å²) < 4.78 is 5.55. The van der Waals surface area contributed by atoms with Crippen molar-refractivity contribution in [2.75, 3.05) is 19.7 Å². The second-order valence-electron chi connectivity index (χ2n) is 6.70. The first kappa shape index (κ1) is 20.3. The molecule has 0 aromatic heterocycles. The molecule has 0 bridgehead atoms. The number of hydrogen-bond acceptors (Lipinski definition) is 3. The van der Waals surface area contributed by atoms with E-state index in [-0.39, 0.29) is 30.1 Å². The van der Waals surface area contributed by atoms with Crippen molar-refractivity contribution in [3.05, 3.63) is 29.3 Å². The number of aliphatic hydroxyl groups excluding tert-OH is 1. The molecule has 0 spiro atoms. The molecule has 1 heterocycles. The molecule has 1 fully saturated rings. The predicted molar refractivity (Wildman–Crippen MR) is 112 cm³/mol. The summed E-state index contributed by atoms with van der Waals surface area (Å²) >= 11 is 0. The Morgan fingerprint density at radius 3 is 2.84 bits per heavy atom. The van der Waals surface area contributed by atoms with E-state index in [0.29, 0.717) is 6.04 Å². The zero-order chi connectivity index (χ0) is 16.8. The van der Waals surface area contributed by atoms with Gasteiger partial charge in [0.1, 0.15) is 5.75 Å². The highest BCUT2D eigenvalue weighted by Gasteiger charge is 2.20. The Kier molecular flexibility index (Phi) is 8.29. The molecule has 1 aromatic rings. The van der Waals surface area contributed by atoms with Crippen LogP contribution in [0.3, 0.4) is 0 Å². The van der Waals surface area contributed by atoms with Gasteiger partial charge in [0.25, 0.3) is 0 Å². The summed E-state index contributed by atoms with van der Waals surface area (Å²) in [7, 11) is 0. The van der Waals surface area contributed by atoms with Gasteiger partial charge in [0.15, 0.2) is 5.96 Å². The average Bonchev–Trinajstić information content (AvgIpc) is 3.05. The first-order valence-corrected chi connectivity index (χ1v) is 9.22. The molecule has 3 rings (SSSR count). The second kappa shape index (κ2) is 10.2. The van der Waals surface area contributed by atoms with Crippen molar-refractivity contribution in [1.29, 1.82) is 0 Å². The molecule has 5 nitrogen and oxygen atoms in total. The van der Waals surface area contributed by atoms with Gasteiger partial charge in [0.2, 0.25) is 0 Å². The fourth-order valence-corrected chi connectivity index (χ4v) is 3.43. The highest BCUT2D eigenvalue weighted by molar-refractivity contribution is 14.0. The molecule has 1 aromatic carbocycles. The van der Waals surface area contributed by atoms with Gasteiger partial charge in [-0.3, -0.25) is 4.99 Å². The minimum Gasteiger partial charge on any atom is -0.493 e. The summed E-state index contributed by atoms with van der Waals surface area (Å²) in [6.45, 7) is 4.52. The van der Waals surface area contributed by atoms with Crippen LogP contribution >= 0.6 is 24.0 Å². The number of fused-ring (bicyclic) bond motifs is 1. The van der Waals surface area contributed by atoms with Crippen molar-refractivity contribution in [3.8, 4) is 5.75 Å². The minimum absolute atomic E-state index is 0. The second-order valence-corrected chi connectivity index (χ2v) is 6.70. The van der Waals surface area contributed by atoms with Gasteiger partial charge < -0.3 is 20.5 Å². The van der Waals surface area contributed by atoms with E-state index in [1.54, 1.807) is 0 Å². The molecule has 1 aliphatic carbocycles. The highest BCUT2D eigenvalue weighted by Crippen LogP contribution is 2.26. The van der Waals surface area contributed by atoms with E-state index in [1.807, 2.05) is 0 Å². The smallest absolute Gasteiger partial charge is 0.191 e. The molecular weight excluding hydrogens is 429 g/mol. The van der Waals surface area contributed by atoms with Gasteiger partial charge in [-0.05, 0) is 56.2 Å². The van der Waals surface area contributed by atoms with Crippen molar-refractivity contribution in [1.82, 2.24) is 10.6 Å². The largest absolute Gasteiger partial charge is 0.493 e. The van der Waals surface area contributed by atoms with Gasteiger partial charge in [-0.2, -0.15) is 0 Å². The van der Waals surface area contributed by atoms with Crippen LogP contribution < -0.4 is 15.4 Å². The van der Waals surface area contributed by atoms with E-state index in [2.05, 4.69) is 35.8 Å². The van der Waals surface area contributed by atoms with Crippen LogP contribution in [-0.2, 0) is 12.8 Å². The van der Waals surface area contributed by atoms with Crippen LogP contribution in [-0.4, -0.2) is 42.9 Å². The van der Waals surface area contributed by atoms with Crippen LogP contribution in [0.1, 0.15) is 43.7 Å². The number of guanidine groups is 1. The SMILES string of the molecule is CCNC(=NCCc1ccc2c(c1)CCO2)NC1CCC(O)CC1.I. The average molecular weight is 459 g/mol. The molecule has 6 heteroatoms. The lowest BCUT2D eigenvalue weighted by atomic mass is 9.93. The molecule has 0 amide bonds. The molecule has 0 saturated heterocycles. The molecule has 1 aliphatic heterocycles. The lowest BCUT2D eigenvalue weighted by Gasteiger charge is -2.27. The number of benzene rings is 1. The van der Waals surface area contributed by atoms with Crippen LogP contribution in [0.15, 0.2) is 23.2 Å². The topological polar surface area (TPSA) is 65.9 Å². The summed E-state index contributed by atoms with van der Waals surface area (Å²) in [4.78, 5) is 4.72. The lowest BCUT2D eigenvalue weighted by molar-refractivity contribution is 0.120. The maximum absolute atomic E-state index is 9.62. The van der Waals surface area contributed by atoms with Crippen molar-refractivity contribution in [2.24, 2.45) is 4.99 Å². The van der Waals surface area contributed by atoms with Gasteiger partial charge in [0, 0.05) is 25.6 Å². The van der Waals surface area contributed by atoms with Crippen LogP contribution in [0.2, 0.25) is 0 Å². The molecule has 140 valence electrons. The maximum Gasteiger partial charge on any atom is 0.191 e. The van der Waals surface area contributed by atoms with Crippen LogP contribution in [0, 0.1) is 0 Å². The summed E-state index contributed by atoms with van der Waals surface area (Å²) in [5, 5.41) is 16.5. The van der Waals surface area contributed by atoms with E-state index < -0.39 is 0 Å². The number of aliphatic hydroxyl groups is 1. The normalized spacial score (nSPS) is 22.6. The fraction of sp³-hybridized carbons (Fsp3) is 0.632. The first-order valence-electron chi connectivity index (χ1n) is 9.22. The van der Waals surface area contributed by atoms with Gasteiger partial charge >= 0.3 is 0 Å². The number of rotatable bonds is 5. The van der Waals surface area contributed by atoms with E-state index in [1.165, 1.54) is 11.1 Å². The number of aliphatic imine (C=N–C) groups is 1. The number of halogens is 1. The number of nitrogens with zero attached hydrogens (tertiary/aromatic N) is 1. The minimum atomic E-state index is -0.119. The van der Waals surface area contributed by atoms with Gasteiger partial charge in [0.05, 0.1) is 12.7 Å². The third kappa shape index (κ3) is 6.02. The third-order valence-corrected chi connectivity index (χ3v) is 4.81. The zero-order valence-corrected chi connectivity index (χ0v) is 17.3. The van der Waals surface area contributed by atoms with Crippen molar-refractivity contribution < 1.29 is 9.84 Å². The van der Waals surface area contributed by atoms with E-state index in [4.69, 9.17) is 9.73 Å². The number of nitrogens with one attached hydrogen (secondary N) is 2. The molecule has 0 unspecified atom stereocenters. The standard InChI is InChI=1S/C19H29N3O2.HI/c1-2-20-19(22-16-4-6-17(23)7-5-16)21-11-9-14-3-8-18-15(13-14)10-12-24-18;/h3,8,13,16-17,23H,2,4-7,9-12H2,1H3,(H2,20,21,22);1H. The van der Waals surface area contributed by atoms with Crippen molar-refractivity contribution in [2.45, 2.75) is 57.6 Å². The summed E-state index contributed by atoms with van der Waals surface area (Å²) in [6.07, 6.45) is 5.62. The Morgan fingerprint density at radius 2 is 2.08 bits per heavy atom. The fourth-order valence-electron chi connectivity index (χ4n) is 3.43. The zero-order valence-electron chi connectivity index (χ0n) is 15.0. The Hall–Kier alpha value is -1.02. The molecule has 2 aliphatic rings. The number of ether oxygens (including phenoxy) is 1. The first-order chi connectivity index (χ1) is 11.7. The van der Waals surface area contributed by atoms with Crippen LogP contribution in [0.4, 0.5) is 0 Å². The Bertz CT molecular complexity index is 572. The van der Waals surface area contributed by atoms with Crippen molar-refractivity contribution in [3.63, 3.8) is 0 Å². The summed E-state index contributed by atoms with van der Waals surface area (Å²) in [5.41, 5.74) is 2.64. The lowest BCUT2D eigenvalue weighted by Crippen LogP contribution is -2.45. The molecule has 3 N–H and O–H groups in total. The Labute approximate surface area is 167 Å². The summed E-state index contributed by atoms with van der Waals surface area (Å²) in [6, 6.07) is 6.89. The molecule has 25 heavy (non-hydrogen) atoms. The monoisotopic (exact) mass is 459 g/mol. The quantitative estimate of drug-likeness (QED) is 0.360. The summed E-state index contributed by atoms with van der Waals surface area (Å²) in [5.74, 6) is 1.93. The van der Waals surface area contributed by atoms with Gasteiger partial charge in [-0.25, -0.2) is 0 Å². The predicted octanol–water partition coefficient (Wildman–Crippen LogP) is 2.64. The highest BCUT2D eigenvalue weighted by atomic mass is 127. The Balaban J connectivity index is 0.00000225. The van der Waals surface area contributed by atoms with Gasteiger partial charge in [-0.15, -0.1) is 24.0 Å². The van der Waals surface area contributed by atoms with E-state index in [9.17, 15) is 5.11 Å².